The molecule has 17 heavy (non-hydrogen) atoms. The molecule has 1 aliphatic heterocycles. The van der Waals surface area contributed by atoms with Crippen LogP contribution in [0.1, 0.15) is 25.7 Å². The highest BCUT2D eigenvalue weighted by Crippen LogP contribution is 2.46. The number of aromatic nitrogens is 2. The first-order valence-electron chi connectivity index (χ1n) is 6.16. The van der Waals surface area contributed by atoms with E-state index in [0.717, 1.165) is 18.8 Å². The van der Waals surface area contributed by atoms with Crippen molar-refractivity contribution in [1.29, 1.82) is 0 Å². The standard InChI is InChI=1S/C12H17N3O2/c16-11(17)7-15-6-10(5-13-15)14-8-12(9-14)3-1-2-4-12/h5-6H,1-4,7-9H2,(H,16,17). The Kier molecular flexibility index (Phi) is 2.34. The maximum absolute atomic E-state index is 10.6. The van der Waals surface area contributed by atoms with E-state index in [0.29, 0.717) is 5.41 Å². The van der Waals surface area contributed by atoms with Crippen molar-refractivity contribution in [2.45, 2.75) is 32.2 Å². The maximum Gasteiger partial charge on any atom is 0.325 e. The second-order valence-electron chi connectivity index (χ2n) is 5.35. The Morgan fingerprint density at radius 3 is 2.76 bits per heavy atom. The average molecular weight is 235 g/mol. The lowest BCUT2D eigenvalue weighted by molar-refractivity contribution is -0.137. The van der Waals surface area contributed by atoms with Crippen LogP contribution in [-0.4, -0.2) is 33.9 Å². The molecule has 1 aromatic heterocycles. The van der Waals surface area contributed by atoms with Crippen LogP contribution < -0.4 is 4.90 Å². The Bertz CT molecular complexity index is 427. The van der Waals surface area contributed by atoms with Crippen molar-refractivity contribution in [2.75, 3.05) is 18.0 Å². The van der Waals surface area contributed by atoms with Gasteiger partial charge in [-0.1, -0.05) is 12.8 Å². The van der Waals surface area contributed by atoms with Gasteiger partial charge in [0, 0.05) is 24.7 Å². The molecule has 1 N–H and O–H groups in total. The molecule has 0 aromatic carbocycles. The summed E-state index contributed by atoms with van der Waals surface area (Å²) >= 11 is 0. The number of nitrogens with zero attached hydrogens (tertiary/aromatic N) is 3. The topological polar surface area (TPSA) is 58.4 Å². The molecule has 3 rings (SSSR count). The molecule has 0 unspecified atom stereocenters. The molecule has 2 aliphatic rings. The van der Waals surface area contributed by atoms with Crippen molar-refractivity contribution in [3.8, 4) is 0 Å². The van der Waals surface area contributed by atoms with Gasteiger partial charge in [-0.05, 0) is 12.8 Å². The van der Waals surface area contributed by atoms with Gasteiger partial charge in [0.15, 0.2) is 0 Å². The molecule has 1 spiro atoms. The van der Waals surface area contributed by atoms with E-state index in [1.54, 1.807) is 6.20 Å². The zero-order chi connectivity index (χ0) is 11.9. The minimum absolute atomic E-state index is 0.0566. The first-order chi connectivity index (χ1) is 8.17. The van der Waals surface area contributed by atoms with Crippen LogP contribution in [0, 0.1) is 5.41 Å². The van der Waals surface area contributed by atoms with E-state index >= 15 is 0 Å². The van der Waals surface area contributed by atoms with Gasteiger partial charge in [-0.25, -0.2) is 0 Å². The molecule has 5 heteroatoms. The summed E-state index contributed by atoms with van der Waals surface area (Å²) in [6.45, 7) is 2.18. The van der Waals surface area contributed by atoms with Gasteiger partial charge in [0.2, 0.25) is 0 Å². The summed E-state index contributed by atoms with van der Waals surface area (Å²) in [4.78, 5) is 12.9. The number of carbonyl (C=O) groups is 1. The van der Waals surface area contributed by atoms with Crippen molar-refractivity contribution in [2.24, 2.45) is 5.41 Å². The first-order valence-corrected chi connectivity index (χ1v) is 6.16. The van der Waals surface area contributed by atoms with Crippen molar-refractivity contribution in [3.05, 3.63) is 12.4 Å². The van der Waals surface area contributed by atoms with Gasteiger partial charge < -0.3 is 10.0 Å². The fraction of sp³-hybridized carbons (Fsp3) is 0.667. The summed E-state index contributed by atoms with van der Waals surface area (Å²) in [7, 11) is 0. The van der Waals surface area contributed by atoms with Gasteiger partial charge in [-0.3, -0.25) is 9.48 Å². The lowest BCUT2D eigenvalue weighted by Crippen LogP contribution is -2.54. The van der Waals surface area contributed by atoms with Crippen molar-refractivity contribution >= 4 is 11.7 Å². The number of aliphatic carboxylic acids is 1. The summed E-state index contributed by atoms with van der Waals surface area (Å²) < 4.78 is 1.48. The van der Waals surface area contributed by atoms with Crippen LogP contribution in [0.4, 0.5) is 5.69 Å². The van der Waals surface area contributed by atoms with E-state index in [1.165, 1.54) is 30.4 Å². The molecule has 1 saturated carbocycles. The van der Waals surface area contributed by atoms with E-state index in [4.69, 9.17) is 5.11 Å². The third kappa shape index (κ3) is 1.90. The summed E-state index contributed by atoms with van der Waals surface area (Å²) in [5, 5.41) is 12.7. The van der Waals surface area contributed by atoms with E-state index in [9.17, 15) is 4.79 Å². The molecule has 1 aromatic rings. The zero-order valence-corrected chi connectivity index (χ0v) is 9.80. The Morgan fingerprint density at radius 2 is 2.12 bits per heavy atom. The average Bonchev–Trinajstić information content (AvgIpc) is 2.81. The van der Waals surface area contributed by atoms with Crippen LogP contribution in [0.25, 0.3) is 0 Å². The molecule has 0 atom stereocenters. The maximum atomic E-state index is 10.6. The normalized spacial score (nSPS) is 21.8. The van der Waals surface area contributed by atoms with Crippen LogP contribution in [0.15, 0.2) is 12.4 Å². The Balaban J connectivity index is 1.62. The molecule has 1 saturated heterocycles. The van der Waals surface area contributed by atoms with Gasteiger partial charge in [0.1, 0.15) is 6.54 Å². The van der Waals surface area contributed by atoms with Crippen LogP contribution in [0.3, 0.4) is 0 Å². The van der Waals surface area contributed by atoms with E-state index in [2.05, 4.69) is 10.00 Å². The molecule has 1 aliphatic carbocycles. The van der Waals surface area contributed by atoms with Crippen LogP contribution >= 0.6 is 0 Å². The smallest absolute Gasteiger partial charge is 0.325 e. The lowest BCUT2D eigenvalue weighted by atomic mass is 9.78. The summed E-state index contributed by atoms with van der Waals surface area (Å²) in [5.74, 6) is -0.851. The summed E-state index contributed by atoms with van der Waals surface area (Å²) in [5.41, 5.74) is 1.62. The van der Waals surface area contributed by atoms with E-state index in [-0.39, 0.29) is 6.54 Å². The first kappa shape index (κ1) is 10.6. The van der Waals surface area contributed by atoms with Gasteiger partial charge in [-0.2, -0.15) is 5.10 Å². The quantitative estimate of drug-likeness (QED) is 0.859. The predicted octanol–water partition coefficient (Wildman–Crippen LogP) is 1.35. The highest BCUT2D eigenvalue weighted by atomic mass is 16.4. The molecule has 92 valence electrons. The largest absolute Gasteiger partial charge is 0.480 e. The SMILES string of the molecule is O=C(O)Cn1cc(N2CC3(CCCC3)C2)cn1. The second kappa shape index (κ2) is 3.75. The predicted molar refractivity (Wildman–Crippen MR) is 63.0 cm³/mol. The summed E-state index contributed by atoms with van der Waals surface area (Å²) in [6.07, 6.45) is 9.04. The molecule has 0 amide bonds. The fourth-order valence-corrected chi connectivity index (χ4v) is 3.13. The molecular formula is C12H17N3O2. The van der Waals surface area contributed by atoms with Crippen molar-refractivity contribution in [3.63, 3.8) is 0 Å². The number of hydrogen-bond donors (Lipinski definition) is 1. The molecule has 0 radical (unpaired) electrons. The van der Waals surface area contributed by atoms with Gasteiger partial charge in [0.05, 0.1) is 11.9 Å². The fourth-order valence-electron chi connectivity index (χ4n) is 3.13. The van der Waals surface area contributed by atoms with Crippen LogP contribution in [0.2, 0.25) is 0 Å². The molecular weight excluding hydrogens is 218 g/mol. The number of hydrogen-bond acceptors (Lipinski definition) is 3. The van der Waals surface area contributed by atoms with Crippen molar-refractivity contribution in [1.82, 2.24) is 9.78 Å². The van der Waals surface area contributed by atoms with E-state index < -0.39 is 5.97 Å². The zero-order valence-electron chi connectivity index (χ0n) is 9.80. The van der Waals surface area contributed by atoms with Gasteiger partial charge >= 0.3 is 5.97 Å². The molecule has 2 fully saturated rings. The Hall–Kier alpha value is -1.52. The second-order valence-corrected chi connectivity index (χ2v) is 5.35. The number of carboxylic acid groups (broad SMARTS) is 1. The highest BCUT2D eigenvalue weighted by Gasteiger charge is 2.44. The minimum Gasteiger partial charge on any atom is -0.480 e. The Labute approximate surface area is 100 Å². The minimum atomic E-state index is -0.851. The summed E-state index contributed by atoms with van der Waals surface area (Å²) in [6, 6.07) is 0. The highest BCUT2D eigenvalue weighted by molar-refractivity contribution is 5.66. The third-order valence-electron chi connectivity index (χ3n) is 4.00. The molecule has 2 heterocycles. The van der Waals surface area contributed by atoms with E-state index in [1.807, 2.05) is 6.20 Å². The molecule has 0 bridgehead atoms. The van der Waals surface area contributed by atoms with Gasteiger partial charge in [0.25, 0.3) is 0 Å². The van der Waals surface area contributed by atoms with Crippen LogP contribution in [0.5, 0.6) is 0 Å². The Morgan fingerprint density at radius 1 is 1.41 bits per heavy atom. The van der Waals surface area contributed by atoms with Crippen molar-refractivity contribution < 1.29 is 9.90 Å². The monoisotopic (exact) mass is 235 g/mol. The van der Waals surface area contributed by atoms with Crippen LogP contribution in [-0.2, 0) is 11.3 Å². The number of rotatable bonds is 3. The number of carboxylic acids is 1. The lowest BCUT2D eigenvalue weighted by Gasteiger charge is -2.49. The third-order valence-corrected chi connectivity index (χ3v) is 4.00. The van der Waals surface area contributed by atoms with Gasteiger partial charge in [-0.15, -0.1) is 0 Å². The molecule has 5 nitrogen and oxygen atoms in total. The number of anilines is 1.